The van der Waals surface area contributed by atoms with Gasteiger partial charge in [-0.3, -0.25) is 0 Å². The summed E-state index contributed by atoms with van der Waals surface area (Å²) in [5.41, 5.74) is 1.75. The van der Waals surface area contributed by atoms with Gasteiger partial charge in [0.15, 0.2) is 21.8 Å². The number of nitrogens with zero attached hydrogens (tertiary/aromatic N) is 2. The van der Waals surface area contributed by atoms with Crippen LogP contribution in [0.1, 0.15) is 82.3 Å². The highest BCUT2D eigenvalue weighted by Gasteiger charge is 2.49. The molecule has 43 heavy (non-hydrogen) atoms. The molecule has 0 fully saturated rings. The number of benzene rings is 2. The molecule has 0 radical (unpaired) electrons. The summed E-state index contributed by atoms with van der Waals surface area (Å²) in [6.07, 6.45) is 9.58. The zero-order valence-corrected chi connectivity index (χ0v) is 27.0. The summed E-state index contributed by atoms with van der Waals surface area (Å²) < 4.78 is 36.0. The largest absolute Gasteiger partial charge is 0.503 e. The lowest BCUT2D eigenvalue weighted by atomic mass is 9.68. The van der Waals surface area contributed by atoms with Gasteiger partial charge in [-0.1, -0.05) is 51.7 Å². The number of hydrogen-bond donors (Lipinski definition) is 2. The summed E-state index contributed by atoms with van der Waals surface area (Å²) in [6.45, 7) is 5.59. The zero-order chi connectivity index (χ0) is 31.0. The van der Waals surface area contributed by atoms with E-state index in [9.17, 15) is 18.6 Å². The van der Waals surface area contributed by atoms with Crippen molar-refractivity contribution in [3.8, 4) is 11.5 Å². The Morgan fingerprint density at radius 2 is 1.67 bits per heavy atom. The normalized spacial score (nSPS) is 18.9. The molecule has 2 aromatic carbocycles. The molecule has 0 saturated heterocycles. The second-order valence-corrected chi connectivity index (χ2v) is 14.3. The molecule has 2 heterocycles. The number of sulfone groups is 1. The van der Waals surface area contributed by atoms with E-state index >= 15 is 0 Å². The molecular formula is C35H49N2O5S+. The minimum atomic E-state index is -3.63. The Kier molecular flexibility index (Phi) is 11.1. The fraction of sp³-hybridized carbons (Fsp3) is 0.514. The van der Waals surface area contributed by atoms with E-state index in [1.165, 1.54) is 0 Å². The van der Waals surface area contributed by atoms with Crippen LogP contribution >= 0.6 is 0 Å². The van der Waals surface area contributed by atoms with E-state index in [4.69, 9.17) is 4.74 Å². The van der Waals surface area contributed by atoms with Gasteiger partial charge in [0.25, 0.3) is 0 Å². The predicted octanol–water partition coefficient (Wildman–Crippen LogP) is 6.25. The second-order valence-electron chi connectivity index (χ2n) is 12.3. The Balaban J connectivity index is 1.62. The summed E-state index contributed by atoms with van der Waals surface area (Å²) in [5, 5.41) is 22.0. The molecule has 1 aliphatic heterocycles. The Hall–Kier alpha value is -3.10. The second kappa shape index (κ2) is 14.6. The SMILES string of the molecule is CCCCC1(CCCC)CS(=O)(=O)c2ccc(N(C)C)cc2C(c2ccc(OCCCC[n+]3cccc(O)c3)cc2)C1O. The van der Waals surface area contributed by atoms with Crippen LogP contribution in [0, 0.1) is 5.41 Å². The summed E-state index contributed by atoms with van der Waals surface area (Å²) in [7, 11) is 0.258. The van der Waals surface area contributed by atoms with Crippen molar-refractivity contribution >= 4 is 15.5 Å². The average Bonchev–Trinajstić information content (AvgIpc) is 3.05. The number of aromatic hydroxyl groups is 1. The average molecular weight is 610 g/mol. The van der Waals surface area contributed by atoms with Gasteiger partial charge < -0.3 is 19.8 Å². The van der Waals surface area contributed by atoms with Crippen LogP contribution in [0.5, 0.6) is 11.5 Å². The van der Waals surface area contributed by atoms with E-state index in [2.05, 4.69) is 13.8 Å². The Morgan fingerprint density at radius 3 is 2.30 bits per heavy atom. The molecular weight excluding hydrogens is 560 g/mol. The van der Waals surface area contributed by atoms with E-state index in [-0.39, 0.29) is 11.5 Å². The lowest BCUT2D eigenvalue weighted by molar-refractivity contribution is -0.697. The van der Waals surface area contributed by atoms with Crippen LogP contribution in [0.3, 0.4) is 0 Å². The first-order valence-electron chi connectivity index (χ1n) is 15.7. The van der Waals surface area contributed by atoms with Crippen molar-refractivity contribution in [3.63, 3.8) is 0 Å². The third-order valence-corrected chi connectivity index (χ3v) is 10.8. The number of pyridine rings is 1. The number of aryl methyl sites for hydroxylation is 1. The van der Waals surface area contributed by atoms with Gasteiger partial charge >= 0.3 is 0 Å². The number of aliphatic hydroxyl groups excluding tert-OH is 1. The van der Waals surface area contributed by atoms with Crippen LogP contribution in [-0.4, -0.2) is 51.2 Å². The summed E-state index contributed by atoms with van der Waals surface area (Å²) in [4.78, 5) is 2.31. The topological polar surface area (TPSA) is 91.0 Å². The molecule has 1 aromatic heterocycles. The van der Waals surface area contributed by atoms with Gasteiger partial charge in [-0.05, 0) is 66.8 Å². The molecule has 8 heteroatoms. The van der Waals surface area contributed by atoms with E-state index in [1.54, 1.807) is 18.3 Å². The van der Waals surface area contributed by atoms with Crippen molar-refractivity contribution in [1.82, 2.24) is 0 Å². The number of unbranched alkanes of at least 4 members (excludes halogenated alkanes) is 3. The Labute approximate surface area is 258 Å². The minimum absolute atomic E-state index is 0.0337. The highest BCUT2D eigenvalue weighted by Crippen LogP contribution is 2.50. The monoisotopic (exact) mass is 609 g/mol. The van der Waals surface area contributed by atoms with Crippen molar-refractivity contribution in [1.29, 1.82) is 0 Å². The predicted molar refractivity (Wildman–Crippen MR) is 172 cm³/mol. The standard InChI is InChI=1S/C35H48N2O5S/c1-5-7-19-35(20-8-6-2)26-43(40,41)32-18-15-28(36(3)4)24-31(32)33(34(35)39)27-13-16-30(17-14-27)42-23-10-9-21-37-22-11-12-29(38)25-37/h11-18,22,24-25,33-34,39H,5-10,19-21,23,26H2,1-4H3/p+1. The van der Waals surface area contributed by atoms with Gasteiger partial charge in [0.1, 0.15) is 12.3 Å². The van der Waals surface area contributed by atoms with Gasteiger partial charge in [0, 0.05) is 43.6 Å². The maximum Gasteiger partial charge on any atom is 0.210 e. The van der Waals surface area contributed by atoms with E-state index < -0.39 is 27.3 Å². The van der Waals surface area contributed by atoms with Gasteiger partial charge in [0.2, 0.25) is 6.20 Å². The number of rotatable bonds is 14. The van der Waals surface area contributed by atoms with Gasteiger partial charge in [0.05, 0.1) is 23.4 Å². The number of hydrogen-bond acceptors (Lipinski definition) is 6. The van der Waals surface area contributed by atoms with Crippen LogP contribution in [0.2, 0.25) is 0 Å². The molecule has 7 nitrogen and oxygen atoms in total. The van der Waals surface area contributed by atoms with Crippen LogP contribution in [0.25, 0.3) is 0 Å². The summed E-state index contributed by atoms with van der Waals surface area (Å²) in [5.74, 6) is 0.488. The van der Waals surface area contributed by atoms with E-state index in [0.29, 0.717) is 29.9 Å². The van der Waals surface area contributed by atoms with Crippen molar-refractivity contribution in [3.05, 3.63) is 78.1 Å². The minimum Gasteiger partial charge on any atom is -0.503 e. The molecule has 3 aromatic rings. The number of aliphatic hydroxyl groups is 1. The first kappa shape index (κ1) is 32.8. The van der Waals surface area contributed by atoms with Crippen molar-refractivity contribution in [2.75, 3.05) is 31.4 Å². The Bertz CT molecular complexity index is 1430. The summed E-state index contributed by atoms with van der Waals surface area (Å²) in [6, 6.07) is 16.9. The molecule has 1 aliphatic rings. The van der Waals surface area contributed by atoms with Gasteiger partial charge in [-0.15, -0.1) is 0 Å². The first-order chi connectivity index (χ1) is 20.6. The van der Waals surface area contributed by atoms with Crippen LogP contribution < -0.4 is 14.2 Å². The van der Waals surface area contributed by atoms with Gasteiger partial charge in [-0.2, -0.15) is 0 Å². The fourth-order valence-corrected chi connectivity index (χ4v) is 8.59. The Morgan fingerprint density at radius 1 is 0.977 bits per heavy atom. The molecule has 2 N–H and O–H groups in total. The van der Waals surface area contributed by atoms with E-state index in [1.807, 2.05) is 72.2 Å². The van der Waals surface area contributed by atoms with Crippen LogP contribution in [-0.2, 0) is 16.4 Å². The quantitative estimate of drug-likeness (QED) is 0.166. The van der Waals surface area contributed by atoms with Crippen molar-refractivity contribution in [2.24, 2.45) is 5.41 Å². The smallest absolute Gasteiger partial charge is 0.210 e. The van der Waals surface area contributed by atoms with Gasteiger partial charge in [-0.25, -0.2) is 13.0 Å². The van der Waals surface area contributed by atoms with E-state index in [0.717, 1.165) is 62.1 Å². The molecule has 0 amide bonds. The lowest BCUT2D eigenvalue weighted by Gasteiger charge is -2.40. The molecule has 2 unspecified atom stereocenters. The molecule has 0 saturated carbocycles. The summed E-state index contributed by atoms with van der Waals surface area (Å²) >= 11 is 0. The molecule has 0 bridgehead atoms. The van der Waals surface area contributed by atoms with Crippen LogP contribution in [0.15, 0.2) is 71.9 Å². The van der Waals surface area contributed by atoms with Crippen molar-refractivity contribution < 1.29 is 27.9 Å². The number of anilines is 1. The number of fused-ring (bicyclic) bond motifs is 1. The maximum absolute atomic E-state index is 14.0. The maximum atomic E-state index is 14.0. The number of ether oxygens (including phenoxy) is 1. The number of aromatic nitrogens is 1. The molecule has 234 valence electrons. The molecule has 0 aliphatic carbocycles. The highest BCUT2D eigenvalue weighted by molar-refractivity contribution is 7.91. The molecule has 0 spiro atoms. The molecule has 4 rings (SSSR count). The first-order valence-corrected chi connectivity index (χ1v) is 17.4. The fourth-order valence-electron chi connectivity index (χ4n) is 6.40. The third kappa shape index (κ3) is 7.90. The zero-order valence-electron chi connectivity index (χ0n) is 26.2. The highest BCUT2D eigenvalue weighted by atomic mass is 32.2. The lowest BCUT2D eigenvalue weighted by Crippen LogP contribution is -2.43. The van der Waals surface area contributed by atoms with Crippen molar-refractivity contribution in [2.45, 2.75) is 88.7 Å². The molecule has 2 atom stereocenters. The van der Waals surface area contributed by atoms with Crippen LogP contribution in [0.4, 0.5) is 5.69 Å². The third-order valence-electron chi connectivity index (χ3n) is 8.82.